The molecule has 1 heterocycles. The molecule has 0 aromatic heterocycles. The van der Waals surface area contributed by atoms with Gasteiger partial charge in [-0.15, -0.1) is 0 Å². The largest absolute Gasteiger partial charge is 0.507 e. The molecular weight excluding hydrogens is 436 g/mol. The van der Waals surface area contributed by atoms with Gasteiger partial charge in [0.1, 0.15) is 11.5 Å². The lowest BCUT2D eigenvalue weighted by atomic mass is 9.95. The number of aliphatic hydroxyl groups is 1. The zero-order chi connectivity index (χ0) is 24.2. The summed E-state index contributed by atoms with van der Waals surface area (Å²) in [6, 6.07) is 20.8. The number of nitro groups is 1. The predicted octanol–water partition coefficient (Wildman–Crippen LogP) is 4.27. The van der Waals surface area contributed by atoms with Gasteiger partial charge >= 0.3 is 0 Å². The monoisotopic (exact) mass is 458 g/mol. The highest BCUT2D eigenvalue weighted by molar-refractivity contribution is 6.46. The summed E-state index contributed by atoms with van der Waals surface area (Å²) >= 11 is 0. The van der Waals surface area contributed by atoms with Gasteiger partial charge in [0.05, 0.1) is 23.6 Å². The van der Waals surface area contributed by atoms with Gasteiger partial charge in [-0.3, -0.25) is 19.7 Å². The number of nitrogens with zero attached hydrogens (tertiary/aromatic N) is 2. The number of ketones is 1. The van der Waals surface area contributed by atoms with Crippen molar-refractivity contribution in [1.82, 2.24) is 4.90 Å². The third-order valence-corrected chi connectivity index (χ3v) is 5.81. The van der Waals surface area contributed by atoms with E-state index in [0.29, 0.717) is 23.3 Å². The molecule has 8 nitrogen and oxygen atoms in total. The van der Waals surface area contributed by atoms with Crippen molar-refractivity contribution >= 4 is 23.1 Å². The molecule has 1 fully saturated rings. The molecule has 0 aliphatic carbocycles. The molecule has 34 heavy (non-hydrogen) atoms. The molecule has 4 rings (SSSR count). The van der Waals surface area contributed by atoms with E-state index in [1.54, 1.807) is 24.3 Å². The highest BCUT2D eigenvalue weighted by atomic mass is 16.6. The van der Waals surface area contributed by atoms with Gasteiger partial charge in [0, 0.05) is 24.2 Å². The molecule has 0 radical (unpaired) electrons. The first-order chi connectivity index (χ1) is 16.4. The number of non-ortho nitro benzene ring substituents is 1. The Bertz CT molecular complexity index is 1250. The van der Waals surface area contributed by atoms with Gasteiger partial charge in [-0.1, -0.05) is 30.3 Å². The fourth-order valence-corrected chi connectivity index (χ4v) is 4.03. The first kappa shape index (κ1) is 22.7. The highest BCUT2D eigenvalue weighted by Crippen LogP contribution is 2.40. The number of hydrogen-bond acceptors (Lipinski definition) is 6. The summed E-state index contributed by atoms with van der Waals surface area (Å²) in [5.74, 6) is -1.27. The Labute approximate surface area is 195 Å². The summed E-state index contributed by atoms with van der Waals surface area (Å²) in [6.45, 7) is 0.232. The summed E-state index contributed by atoms with van der Waals surface area (Å²) in [5, 5.41) is 22.2. The Morgan fingerprint density at radius 3 is 2.24 bits per heavy atom. The number of amides is 1. The molecule has 172 valence electrons. The van der Waals surface area contributed by atoms with Crippen molar-refractivity contribution in [2.24, 2.45) is 0 Å². The van der Waals surface area contributed by atoms with Crippen LogP contribution in [0.1, 0.15) is 22.7 Å². The second-order valence-electron chi connectivity index (χ2n) is 7.81. The molecule has 0 saturated carbocycles. The van der Waals surface area contributed by atoms with Crippen molar-refractivity contribution in [2.75, 3.05) is 13.7 Å². The molecule has 1 atom stereocenters. The van der Waals surface area contributed by atoms with Crippen LogP contribution in [0.15, 0.2) is 84.4 Å². The third kappa shape index (κ3) is 4.38. The Hall–Kier alpha value is -4.46. The Morgan fingerprint density at radius 2 is 1.65 bits per heavy atom. The van der Waals surface area contributed by atoms with Gasteiger partial charge in [0.2, 0.25) is 0 Å². The van der Waals surface area contributed by atoms with Crippen molar-refractivity contribution in [3.63, 3.8) is 0 Å². The number of hydrogen-bond donors (Lipinski definition) is 1. The first-order valence-corrected chi connectivity index (χ1v) is 10.6. The van der Waals surface area contributed by atoms with Crippen LogP contribution in [-0.2, 0) is 16.0 Å². The minimum atomic E-state index is -0.883. The van der Waals surface area contributed by atoms with Gasteiger partial charge in [0.15, 0.2) is 0 Å². The second kappa shape index (κ2) is 9.58. The van der Waals surface area contributed by atoms with Crippen molar-refractivity contribution in [2.45, 2.75) is 12.5 Å². The van der Waals surface area contributed by atoms with Gasteiger partial charge in [0.25, 0.3) is 17.4 Å². The number of likely N-dealkylation sites (tertiary alicyclic amines) is 1. The van der Waals surface area contributed by atoms with Crippen LogP contribution < -0.4 is 4.74 Å². The quantitative estimate of drug-likeness (QED) is 0.186. The highest BCUT2D eigenvalue weighted by Gasteiger charge is 2.45. The van der Waals surface area contributed by atoms with Crippen LogP contribution in [-0.4, -0.2) is 40.3 Å². The van der Waals surface area contributed by atoms with Crippen molar-refractivity contribution in [3.05, 3.63) is 111 Å². The van der Waals surface area contributed by atoms with Gasteiger partial charge in [-0.2, -0.15) is 0 Å². The molecule has 1 N–H and O–H groups in total. The zero-order valence-corrected chi connectivity index (χ0v) is 18.4. The van der Waals surface area contributed by atoms with E-state index in [9.17, 15) is 24.8 Å². The van der Waals surface area contributed by atoms with Crippen LogP contribution in [0.2, 0.25) is 0 Å². The van der Waals surface area contributed by atoms with E-state index in [-0.39, 0.29) is 23.6 Å². The predicted molar refractivity (Wildman–Crippen MR) is 125 cm³/mol. The number of nitro benzene ring substituents is 1. The minimum Gasteiger partial charge on any atom is -0.507 e. The maximum atomic E-state index is 13.1. The van der Waals surface area contributed by atoms with E-state index in [2.05, 4.69) is 0 Å². The number of aliphatic hydroxyl groups excluding tert-OH is 1. The van der Waals surface area contributed by atoms with Crippen LogP contribution in [0.3, 0.4) is 0 Å². The van der Waals surface area contributed by atoms with E-state index in [4.69, 9.17) is 4.74 Å². The Balaban J connectivity index is 1.78. The van der Waals surface area contributed by atoms with Gasteiger partial charge in [-0.25, -0.2) is 0 Å². The molecule has 0 spiro atoms. The number of ether oxygens (including phenoxy) is 1. The van der Waals surface area contributed by atoms with Crippen molar-refractivity contribution < 1.29 is 24.4 Å². The van der Waals surface area contributed by atoms with E-state index in [0.717, 1.165) is 5.56 Å². The van der Waals surface area contributed by atoms with E-state index in [1.807, 2.05) is 30.3 Å². The van der Waals surface area contributed by atoms with E-state index in [1.165, 1.54) is 36.3 Å². The topological polar surface area (TPSA) is 110 Å². The summed E-state index contributed by atoms with van der Waals surface area (Å²) < 4.78 is 5.14. The van der Waals surface area contributed by atoms with Gasteiger partial charge < -0.3 is 14.7 Å². The summed E-state index contributed by atoms with van der Waals surface area (Å²) in [4.78, 5) is 38.1. The third-order valence-electron chi connectivity index (χ3n) is 5.81. The summed E-state index contributed by atoms with van der Waals surface area (Å²) in [5.41, 5.74) is 1.67. The lowest BCUT2D eigenvalue weighted by Crippen LogP contribution is -2.31. The van der Waals surface area contributed by atoms with Gasteiger partial charge in [-0.05, 0) is 53.9 Å². The number of rotatable bonds is 7. The molecule has 0 unspecified atom stereocenters. The number of methoxy groups -OCH3 is 1. The van der Waals surface area contributed by atoms with E-state index < -0.39 is 22.7 Å². The van der Waals surface area contributed by atoms with Crippen molar-refractivity contribution in [3.8, 4) is 5.75 Å². The lowest BCUT2D eigenvalue weighted by molar-refractivity contribution is -0.384. The number of Topliss-reactive ketones (excluding diaryl/α,β-unsaturated/α-hetero) is 1. The van der Waals surface area contributed by atoms with Crippen LogP contribution in [0.4, 0.5) is 5.69 Å². The average molecular weight is 458 g/mol. The van der Waals surface area contributed by atoms with Crippen LogP contribution >= 0.6 is 0 Å². The Kier molecular flexibility index (Phi) is 6.40. The average Bonchev–Trinajstić information content (AvgIpc) is 3.12. The maximum Gasteiger partial charge on any atom is 0.295 e. The molecule has 1 amide bonds. The molecule has 3 aromatic carbocycles. The molecular formula is C26H22N2O6. The SMILES string of the molecule is COc1ccc(C(O)=C2C(=O)C(=O)N(CCc3ccccc3)[C@@H]2c2ccc([N+](=O)[O-])cc2)cc1. The maximum absolute atomic E-state index is 13.1. The standard InChI is InChI=1S/C26H22N2O6/c1-34-21-13-9-19(10-14-21)24(29)22-23(18-7-11-20(12-8-18)28(32)33)27(26(31)25(22)30)16-15-17-5-3-2-4-6-17/h2-14,23,29H,15-16H2,1H3/t23-/m1/s1. The number of carbonyl (C=O) groups excluding carboxylic acids is 2. The lowest BCUT2D eigenvalue weighted by Gasteiger charge is -2.25. The van der Waals surface area contributed by atoms with Crippen molar-refractivity contribution in [1.29, 1.82) is 0 Å². The fourth-order valence-electron chi connectivity index (χ4n) is 4.03. The normalized spacial score (nSPS) is 17.1. The number of carbonyl (C=O) groups is 2. The van der Waals surface area contributed by atoms with E-state index >= 15 is 0 Å². The first-order valence-electron chi connectivity index (χ1n) is 10.6. The molecule has 1 aliphatic heterocycles. The van der Waals surface area contributed by atoms with Crippen LogP contribution in [0, 0.1) is 10.1 Å². The second-order valence-corrected chi connectivity index (χ2v) is 7.81. The summed E-state index contributed by atoms with van der Waals surface area (Å²) in [7, 11) is 1.52. The smallest absolute Gasteiger partial charge is 0.295 e. The fraction of sp³-hybridized carbons (Fsp3) is 0.154. The minimum absolute atomic E-state index is 0.0583. The molecule has 8 heteroatoms. The summed E-state index contributed by atoms with van der Waals surface area (Å²) in [6.07, 6.45) is 0.500. The molecule has 3 aromatic rings. The van der Waals surface area contributed by atoms with Crippen LogP contribution in [0.5, 0.6) is 5.75 Å². The molecule has 1 saturated heterocycles. The zero-order valence-electron chi connectivity index (χ0n) is 18.4. The molecule has 1 aliphatic rings. The molecule has 0 bridgehead atoms. The Morgan fingerprint density at radius 1 is 1.00 bits per heavy atom. The van der Waals surface area contributed by atoms with Crippen LogP contribution in [0.25, 0.3) is 5.76 Å². The number of benzene rings is 3.